The fourth-order valence-electron chi connectivity index (χ4n) is 0.243. The van der Waals surface area contributed by atoms with Crippen molar-refractivity contribution in [2.45, 2.75) is 0 Å². The first-order chi connectivity index (χ1) is 3.30. The van der Waals surface area contributed by atoms with Gasteiger partial charge in [-0.1, -0.05) is 0 Å². The van der Waals surface area contributed by atoms with Crippen LogP contribution in [0, 0.1) is 0 Å². The molecule has 0 aliphatic carbocycles. The topological polar surface area (TPSA) is 62.0 Å². The van der Waals surface area contributed by atoms with Crippen LogP contribution in [0.1, 0.15) is 0 Å². The summed E-state index contributed by atoms with van der Waals surface area (Å²) in [5.41, 5.74) is 0. The molecule has 1 heterocycles. The van der Waals surface area contributed by atoms with Crippen LogP contribution in [0.15, 0.2) is 10.2 Å². The van der Waals surface area contributed by atoms with Gasteiger partial charge in [0.15, 0.2) is 0 Å². The van der Waals surface area contributed by atoms with Gasteiger partial charge >= 0.3 is 0 Å². The summed E-state index contributed by atoms with van der Waals surface area (Å²) in [6.07, 6.45) is 0.954. The molecule has 1 rings (SSSR count). The molecular formula is C3H2N2O2. The second kappa shape index (κ2) is 1.14. The predicted molar refractivity (Wildman–Crippen MR) is 23.6 cm³/mol. The minimum atomic E-state index is -0.528. The molecule has 4 heteroatoms. The molecule has 1 aliphatic heterocycles. The molecule has 0 fully saturated rings. The third-order valence-corrected chi connectivity index (χ3v) is 0.548. The highest BCUT2D eigenvalue weighted by Gasteiger charge is 2.09. The molecule has 1 N–H and O–H groups in total. The smallest absolute Gasteiger partial charge is 0.281 e. The highest BCUT2D eigenvalue weighted by Crippen LogP contribution is 1.84. The number of ketones is 1. The Labute approximate surface area is 39.2 Å². The van der Waals surface area contributed by atoms with E-state index in [0.29, 0.717) is 0 Å². The van der Waals surface area contributed by atoms with Crippen molar-refractivity contribution in [1.82, 2.24) is 0 Å². The van der Waals surface area contributed by atoms with Crippen LogP contribution >= 0.6 is 0 Å². The summed E-state index contributed by atoms with van der Waals surface area (Å²) in [6.45, 7) is 0. The fourth-order valence-corrected chi connectivity index (χ4v) is 0.243. The van der Waals surface area contributed by atoms with Gasteiger partial charge in [0.1, 0.15) is 6.21 Å². The minimum Gasteiger partial charge on any atom is -0.489 e. The van der Waals surface area contributed by atoms with Crippen LogP contribution in [0.3, 0.4) is 0 Å². The molecule has 0 aromatic rings. The second-order valence-corrected chi connectivity index (χ2v) is 1.03. The predicted octanol–water partition coefficient (Wildman–Crippen LogP) is -0.489. The number of carbonyl (C=O) groups excluding carboxylic acids is 1. The van der Waals surface area contributed by atoms with Crippen molar-refractivity contribution < 1.29 is 9.90 Å². The summed E-state index contributed by atoms with van der Waals surface area (Å²) in [5.74, 6) is -1.06. The monoisotopic (exact) mass is 98.0 g/mol. The molecule has 0 bridgehead atoms. The van der Waals surface area contributed by atoms with Gasteiger partial charge in [0.25, 0.3) is 11.7 Å². The van der Waals surface area contributed by atoms with E-state index < -0.39 is 11.7 Å². The molecule has 0 unspecified atom stereocenters. The molecule has 4 nitrogen and oxygen atoms in total. The van der Waals surface area contributed by atoms with E-state index in [2.05, 4.69) is 10.2 Å². The molecule has 0 aromatic carbocycles. The maximum Gasteiger partial charge on any atom is 0.281 e. The Morgan fingerprint density at radius 1 is 1.71 bits per heavy atom. The number of aliphatic hydroxyl groups excluding tert-OH is 1. The molecule has 0 amide bonds. The van der Waals surface area contributed by atoms with E-state index in [0.717, 1.165) is 6.21 Å². The lowest BCUT2D eigenvalue weighted by Gasteiger charge is -1.74. The first-order valence-corrected chi connectivity index (χ1v) is 1.65. The first-order valence-electron chi connectivity index (χ1n) is 1.65. The van der Waals surface area contributed by atoms with Gasteiger partial charge in [-0.15, -0.1) is 5.10 Å². The lowest BCUT2D eigenvalue weighted by Crippen LogP contribution is -2.08. The van der Waals surface area contributed by atoms with Gasteiger partial charge in [0.2, 0.25) is 0 Å². The zero-order valence-electron chi connectivity index (χ0n) is 3.33. The van der Waals surface area contributed by atoms with Crippen molar-refractivity contribution in [3.8, 4) is 0 Å². The SMILES string of the molecule is O=C1C=NN=C1O. The van der Waals surface area contributed by atoms with Crippen molar-refractivity contribution >= 4 is 17.9 Å². The van der Waals surface area contributed by atoms with Gasteiger partial charge in [-0.05, 0) is 0 Å². The average Bonchev–Trinajstić information content (AvgIpc) is 1.91. The van der Waals surface area contributed by atoms with Gasteiger partial charge in [-0.3, -0.25) is 4.79 Å². The van der Waals surface area contributed by atoms with Crippen molar-refractivity contribution in [3.05, 3.63) is 0 Å². The minimum absolute atomic E-state index is 0.528. The Morgan fingerprint density at radius 3 is 2.57 bits per heavy atom. The number of nitrogens with zero attached hydrogens (tertiary/aromatic N) is 2. The van der Waals surface area contributed by atoms with Crippen LogP contribution in [0.5, 0.6) is 0 Å². The summed E-state index contributed by atoms with van der Waals surface area (Å²) in [6, 6.07) is 0. The van der Waals surface area contributed by atoms with E-state index in [4.69, 9.17) is 5.11 Å². The quantitative estimate of drug-likeness (QED) is 0.444. The van der Waals surface area contributed by atoms with E-state index in [1.54, 1.807) is 0 Å². The summed E-state index contributed by atoms with van der Waals surface area (Å²) in [4.78, 5) is 10.0. The molecule has 0 aromatic heterocycles. The molecule has 0 saturated heterocycles. The van der Waals surface area contributed by atoms with E-state index in [1.807, 2.05) is 0 Å². The van der Waals surface area contributed by atoms with E-state index in [1.165, 1.54) is 0 Å². The largest absolute Gasteiger partial charge is 0.489 e. The Kier molecular flexibility index (Phi) is 0.651. The fraction of sp³-hybridized carbons (Fsp3) is 0. The Hall–Kier alpha value is -1.19. The maximum atomic E-state index is 10.0. The molecule has 0 saturated carbocycles. The third kappa shape index (κ3) is 0.489. The molecule has 36 valence electrons. The number of rotatable bonds is 0. The van der Waals surface area contributed by atoms with Crippen molar-refractivity contribution in [3.63, 3.8) is 0 Å². The van der Waals surface area contributed by atoms with Gasteiger partial charge in [-0.25, -0.2) is 0 Å². The normalized spacial score (nSPS) is 17.7. The highest BCUT2D eigenvalue weighted by atomic mass is 16.3. The highest BCUT2D eigenvalue weighted by molar-refractivity contribution is 6.59. The Morgan fingerprint density at radius 2 is 2.43 bits per heavy atom. The van der Waals surface area contributed by atoms with Gasteiger partial charge < -0.3 is 5.11 Å². The third-order valence-electron chi connectivity index (χ3n) is 0.548. The maximum absolute atomic E-state index is 10.0. The number of aliphatic hydroxyl groups is 1. The molecule has 0 radical (unpaired) electrons. The summed E-state index contributed by atoms with van der Waals surface area (Å²) in [5, 5.41) is 14.4. The average molecular weight is 98.1 g/mol. The second-order valence-electron chi connectivity index (χ2n) is 1.03. The van der Waals surface area contributed by atoms with E-state index >= 15 is 0 Å². The van der Waals surface area contributed by atoms with Crippen LogP contribution < -0.4 is 0 Å². The zero-order chi connectivity index (χ0) is 5.28. The molecular weight excluding hydrogens is 96.0 g/mol. The standard InChI is InChI=1S/C3H2N2O2/c6-2-1-4-5-3(2)7/h1H,(H,5,6,7). The molecule has 1 aliphatic rings. The van der Waals surface area contributed by atoms with Crippen molar-refractivity contribution in [1.29, 1.82) is 0 Å². The summed E-state index contributed by atoms with van der Waals surface area (Å²) in [7, 11) is 0. The molecule has 7 heavy (non-hydrogen) atoms. The lowest BCUT2D eigenvalue weighted by molar-refractivity contribution is -0.107. The van der Waals surface area contributed by atoms with Crippen LogP contribution in [-0.4, -0.2) is 23.0 Å². The summed E-state index contributed by atoms with van der Waals surface area (Å²) >= 11 is 0. The molecule has 0 spiro atoms. The van der Waals surface area contributed by atoms with Gasteiger partial charge in [0, 0.05) is 0 Å². The van der Waals surface area contributed by atoms with Crippen LogP contribution in [0.4, 0.5) is 0 Å². The van der Waals surface area contributed by atoms with Gasteiger partial charge in [0.05, 0.1) is 0 Å². The van der Waals surface area contributed by atoms with E-state index in [-0.39, 0.29) is 0 Å². The lowest BCUT2D eigenvalue weighted by atomic mass is 10.4. The van der Waals surface area contributed by atoms with Gasteiger partial charge in [-0.2, -0.15) is 5.10 Å². The first kappa shape index (κ1) is 3.98. The number of carbonyl (C=O) groups is 1. The van der Waals surface area contributed by atoms with Crippen LogP contribution in [0.25, 0.3) is 0 Å². The summed E-state index contributed by atoms with van der Waals surface area (Å²) < 4.78 is 0. The van der Waals surface area contributed by atoms with Crippen molar-refractivity contribution in [2.24, 2.45) is 10.2 Å². The number of hydrogen-bond acceptors (Lipinski definition) is 3. The number of hydrogen-bond donors (Lipinski definition) is 1. The molecule has 0 atom stereocenters. The van der Waals surface area contributed by atoms with E-state index in [9.17, 15) is 4.79 Å². The zero-order valence-corrected chi connectivity index (χ0v) is 3.33. The number of Topliss-reactive ketones (excluding diaryl/α,β-unsaturated/α-hetero) is 1. The van der Waals surface area contributed by atoms with Crippen LogP contribution in [0.2, 0.25) is 0 Å². The Balaban J connectivity index is 2.89. The van der Waals surface area contributed by atoms with Crippen LogP contribution in [-0.2, 0) is 4.79 Å². The van der Waals surface area contributed by atoms with Crippen molar-refractivity contribution in [2.75, 3.05) is 0 Å². The Bertz CT molecular complexity index is 158.